The number of nitrogens with zero attached hydrogens (tertiary/aromatic N) is 1. The molecule has 0 aliphatic heterocycles. The highest BCUT2D eigenvalue weighted by Gasteiger charge is 2.11. The zero-order valence-corrected chi connectivity index (χ0v) is 10.5. The van der Waals surface area contributed by atoms with Crippen LogP contribution >= 0.6 is 11.3 Å². The summed E-state index contributed by atoms with van der Waals surface area (Å²) in [5, 5.41) is 3.70. The Balaban J connectivity index is 2.45. The van der Waals surface area contributed by atoms with Crippen molar-refractivity contribution in [3.05, 3.63) is 40.9 Å². The maximum atomic E-state index is 2.43. The highest BCUT2D eigenvalue weighted by atomic mass is 32.1. The van der Waals surface area contributed by atoms with E-state index in [4.69, 9.17) is 0 Å². The van der Waals surface area contributed by atoms with Gasteiger partial charge in [-0.1, -0.05) is 31.5 Å². The van der Waals surface area contributed by atoms with Crippen LogP contribution in [-0.4, -0.2) is 4.40 Å². The maximum absolute atomic E-state index is 2.43. The minimum atomic E-state index is 1.16. The molecule has 0 radical (unpaired) electrons. The summed E-state index contributed by atoms with van der Waals surface area (Å²) in [5.74, 6) is 0. The van der Waals surface area contributed by atoms with Crippen LogP contribution < -0.4 is 0 Å². The van der Waals surface area contributed by atoms with Gasteiger partial charge in [0.2, 0.25) is 0 Å². The Morgan fingerprint density at radius 2 is 2.06 bits per heavy atom. The molecule has 1 aromatic carbocycles. The summed E-state index contributed by atoms with van der Waals surface area (Å²) in [5.41, 5.74) is 4.23. The topological polar surface area (TPSA) is 4.41 Å². The van der Waals surface area contributed by atoms with Gasteiger partial charge < -0.3 is 4.40 Å². The van der Waals surface area contributed by atoms with E-state index in [0.29, 0.717) is 0 Å². The summed E-state index contributed by atoms with van der Waals surface area (Å²) in [6, 6.07) is 8.70. The van der Waals surface area contributed by atoms with Gasteiger partial charge in [0, 0.05) is 16.5 Å². The molecule has 0 bridgehead atoms. The van der Waals surface area contributed by atoms with Gasteiger partial charge in [0.15, 0.2) is 0 Å². The summed E-state index contributed by atoms with van der Waals surface area (Å²) in [7, 11) is 0. The number of aryl methyl sites for hydroxylation is 2. The highest BCUT2D eigenvalue weighted by Crippen LogP contribution is 2.31. The van der Waals surface area contributed by atoms with Crippen molar-refractivity contribution in [1.29, 1.82) is 0 Å². The first-order valence-electron chi connectivity index (χ1n) is 5.79. The molecule has 0 amide bonds. The second-order valence-electron chi connectivity index (χ2n) is 4.26. The Morgan fingerprint density at radius 3 is 2.88 bits per heavy atom. The SMILES string of the molecule is CCCc1csc2c(C)c3ccccc3n12. The van der Waals surface area contributed by atoms with E-state index in [-0.39, 0.29) is 0 Å². The predicted octanol–water partition coefficient (Wildman–Crippen LogP) is 4.41. The number of aromatic nitrogens is 1. The molecule has 82 valence electrons. The van der Waals surface area contributed by atoms with Gasteiger partial charge in [0.05, 0.1) is 5.52 Å². The summed E-state index contributed by atoms with van der Waals surface area (Å²) < 4.78 is 2.43. The maximum Gasteiger partial charge on any atom is 0.103 e. The van der Waals surface area contributed by atoms with Gasteiger partial charge in [-0.3, -0.25) is 0 Å². The Labute approximate surface area is 99.3 Å². The van der Waals surface area contributed by atoms with Gasteiger partial charge in [-0.25, -0.2) is 0 Å². The zero-order chi connectivity index (χ0) is 11.1. The fourth-order valence-electron chi connectivity index (χ4n) is 2.41. The summed E-state index contributed by atoms with van der Waals surface area (Å²) in [6.07, 6.45) is 2.37. The molecule has 0 atom stereocenters. The van der Waals surface area contributed by atoms with Crippen LogP contribution in [-0.2, 0) is 6.42 Å². The molecular weight excluding hydrogens is 214 g/mol. The van der Waals surface area contributed by atoms with Crippen LogP contribution in [0.15, 0.2) is 29.6 Å². The van der Waals surface area contributed by atoms with E-state index in [2.05, 4.69) is 47.9 Å². The van der Waals surface area contributed by atoms with E-state index < -0.39 is 0 Å². The molecule has 0 aliphatic rings. The van der Waals surface area contributed by atoms with Crippen LogP contribution in [0.25, 0.3) is 15.7 Å². The van der Waals surface area contributed by atoms with Crippen molar-refractivity contribution in [2.75, 3.05) is 0 Å². The van der Waals surface area contributed by atoms with Crippen LogP contribution in [0.2, 0.25) is 0 Å². The second kappa shape index (κ2) is 3.63. The molecule has 3 rings (SSSR count). The molecule has 0 N–H and O–H groups in total. The van der Waals surface area contributed by atoms with Gasteiger partial charge in [0.1, 0.15) is 4.83 Å². The second-order valence-corrected chi connectivity index (χ2v) is 5.12. The third kappa shape index (κ3) is 1.23. The van der Waals surface area contributed by atoms with Crippen LogP contribution in [0, 0.1) is 6.92 Å². The van der Waals surface area contributed by atoms with E-state index in [0.717, 1.165) is 6.42 Å². The third-order valence-corrected chi connectivity index (χ3v) is 4.27. The van der Waals surface area contributed by atoms with E-state index in [1.54, 1.807) is 0 Å². The molecule has 0 fully saturated rings. The Kier molecular flexibility index (Phi) is 2.25. The molecule has 2 heterocycles. The van der Waals surface area contributed by atoms with Crippen molar-refractivity contribution in [2.24, 2.45) is 0 Å². The van der Waals surface area contributed by atoms with Gasteiger partial charge >= 0.3 is 0 Å². The molecule has 16 heavy (non-hydrogen) atoms. The Morgan fingerprint density at radius 1 is 1.25 bits per heavy atom. The molecule has 3 aromatic rings. The van der Waals surface area contributed by atoms with Crippen LogP contribution in [0.5, 0.6) is 0 Å². The van der Waals surface area contributed by atoms with Crippen LogP contribution in [0.4, 0.5) is 0 Å². The molecule has 0 unspecified atom stereocenters. The molecule has 2 heteroatoms. The number of rotatable bonds is 2. The summed E-state index contributed by atoms with van der Waals surface area (Å²) >= 11 is 1.87. The van der Waals surface area contributed by atoms with Crippen molar-refractivity contribution in [3.63, 3.8) is 0 Å². The van der Waals surface area contributed by atoms with Crippen molar-refractivity contribution in [3.8, 4) is 0 Å². The number of thiazole rings is 1. The molecule has 1 nitrogen and oxygen atoms in total. The van der Waals surface area contributed by atoms with E-state index in [1.807, 2.05) is 11.3 Å². The Hall–Kier alpha value is -1.28. The first-order chi connectivity index (χ1) is 7.83. The largest absolute Gasteiger partial charge is 0.304 e. The molecule has 0 saturated heterocycles. The fraction of sp³-hybridized carbons (Fsp3) is 0.286. The first-order valence-corrected chi connectivity index (χ1v) is 6.67. The van der Waals surface area contributed by atoms with Gasteiger partial charge in [-0.15, -0.1) is 11.3 Å². The number of hydrogen-bond acceptors (Lipinski definition) is 1. The van der Waals surface area contributed by atoms with E-state index in [9.17, 15) is 0 Å². The minimum absolute atomic E-state index is 1.16. The smallest absolute Gasteiger partial charge is 0.103 e. The minimum Gasteiger partial charge on any atom is -0.304 e. The number of para-hydroxylation sites is 1. The number of hydrogen-bond donors (Lipinski definition) is 0. The third-order valence-electron chi connectivity index (χ3n) is 3.17. The zero-order valence-electron chi connectivity index (χ0n) is 9.66. The summed E-state index contributed by atoms with van der Waals surface area (Å²) in [4.78, 5) is 1.41. The molecule has 0 spiro atoms. The lowest BCUT2D eigenvalue weighted by atomic mass is 10.2. The lowest BCUT2D eigenvalue weighted by Crippen LogP contribution is -1.89. The average Bonchev–Trinajstić information content (AvgIpc) is 2.83. The van der Waals surface area contributed by atoms with Gasteiger partial charge in [-0.05, 0) is 25.0 Å². The number of benzene rings is 1. The highest BCUT2D eigenvalue weighted by molar-refractivity contribution is 7.16. The van der Waals surface area contributed by atoms with Crippen molar-refractivity contribution in [1.82, 2.24) is 4.40 Å². The molecule has 0 saturated carbocycles. The lowest BCUT2D eigenvalue weighted by molar-refractivity contribution is 0.879. The predicted molar refractivity (Wildman–Crippen MR) is 71.5 cm³/mol. The number of fused-ring (bicyclic) bond motifs is 3. The van der Waals surface area contributed by atoms with Crippen LogP contribution in [0.3, 0.4) is 0 Å². The summed E-state index contributed by atoms with van der Waals surface area (Å²) in [6.45, 7) is 4.46. The quantitative estimate of drug-likeness (QED) is 0.613. The fourth-order valence-corrected chi connectivity index (χ4v) is 3.49. The van der Waals surface area contributed by atoms with Gasteiger partial charge in [-0.2, -0.15) is 0 Å². The van der Waals surface area contributed by atoms with Crippen molar-refractivity contribution >= 4 is 27.1 Å². The first kappa shape index (κ1) is 9.91. The standard InChI is InChI=1S/C14H15NS/c1-3-6-11-9-16-14-10(2)12-7-4-5-8-13(12)15(11)14/h4-5,7-9H,3,6H2,1-2H3. The molecular formula is C14H15NS. The lowest BCUT2D eigenvalue weighted by Gasteiger charge is -1.98. The van der Waals surface area contributed by atoms with Gasteiger partial charge in [0.25, 0.3) is 0 Å². The average molecular weight is 229 g/mol. The Bertz CT molecular complexity index is 645. The van der Waals surface area contributed by atoms with E-state index in [1.165, 1.54) is 33.4 Å². The van der Waals surface area contributed by atoms with Crippen molar-refractivity contribution in [2.45, 2.75) is 26.7 Å². The van der Waals surface area contributed by atoms with E-state index >= 15 is 0 Å². The van der Waals surface area contributed by atoms with Crippen molar-refractivity contribution < 1.29 is 0 Å². The molecule has 2 aromatic heterocycles. The molecule has 0 aliphatic carbocycles. The van der Waals surface area contributed by atoms with Crippen LogP contribution in [0.1, 0.15) is 24.6 Å². The normalized spacial score (nSPS) is 11.6. The monoisotopic (exact) mass is 229 g/mol.